The van der Waals surface area contributed by atoms with Crippen LogP contribution >= 0.6 is 11.8 Å². The minimum Gasteiger partial charge on any atom is -0.496 e. The molecule has 1 aromatic rings. The zero-order chi connectivity index (χ0) is 19.1. The molecule has 0 unspecified atom stereocenters. The highest BCUT2D eigenvalue weighted by Gasteiger charge is 2.25. The first kappa shape index (κ1) is 19.2. The van der Waals surface area contributed by atoms with Gasteiger partial charge in [0.25, 0.3) is 5.91 Å². The van der Waals surface area contributed by atoms with E-state index in [1.165, 1.54) is 33.6 Å². The van der Waals surface area contributed by atoms with Crippen LogP contribution in [0, 0.1) is 0 Å². The number of thioether (sulfide) groups is 1. The number of ether oxygens (including phenoxy) is 3. The van der Waals surface area contributed by atoms with E-state index in [-0.39, 0.29) is 15.6 Å². The molecule has 1 aliphatic heterocycles. The Kier molecular flexibility index (Phi) is 6.50. The summed E-state index contributed by atoms with van der Waals surface area (Å²) < 4.78 is 14.3. The lowest BCUT2D eigenvalue weighted by Crippen LogP contribution is -2.19. The molecule has 0 atom stereocenters. The first-order valence-corrected chi connectivity index (χ1v) is 7.96. The number of benzene rings is 1. The molecule has 0 saturated carbocycles. The number of amides is 1. The highest BCUT2D eigenvalue weighted by molar-refractivity contribution is 8.18. The van der Waals surface area contributed by atoms with Gasteiger partial charge < -0.3 is 14.2 Å². The second-order valence-corrected chi connectivity index (χ2v) is 5.72. The topological polar surface area (TPSA) is 116 Å². The van der Waals surface area contributed by atoms with E-state index in [1.54, 1.807) is 12.1 Å². The van der Waals surface area contributed by atoms with Gasteiger partial charge in [0.1, 0.15) is 11.3 Å². The van der Waals surface area contributed by atoms with Gasteiger partial charge in [-0.1, -0.05) is 0 Å². The largest absolute Gasteiger partial charge is 0.496 e. The standard InChI is InChI=1S/C16H15N3O6S/c1-23-11-5-4-9(6-10(11)15(22)25-3)8-17-19-16-18-14(21)12(26-16)7-13(20)24-2/h4-8H,1-3H3,(H,18,19,21)/b12-7+,17-8?. The maximum atomic E-state index is 11.7. The van der Waals surface area contributed by atoms with Crippen LogP contribution in [0.3, 0.4) is 0 Å². The molecule has 2 rings (SSSR count). The maximum Gasteiger partial charge on any atom is 0.341 e. The van der Waals surface area contributed by atoms with Gasteiger partial charge in [0.15, 0.2) is 5.17 Å². The number of rotatable bonds is 5. The zero-order valence-electron chi connectivity index (χ0n) is 14.1. The molecule has 1 fully saturated rings. The van der Waals surface area contributed by atoms with Gasteiger partial charge in [0.2, 0.25) is 0 Å². The molecule has 1 amide bonds. The summed E-state index contributed by atoms with van der Waals surface area (Å²) >= 11 is 0.957. The van der Waals surface area contributed by atoms with Gasteiger partial charge in [-0.3, -0.25) is 10.1 Å². The Morgan fingerprint density at radius 1 is 1.19 bits per heavy atom. The summed E-state index contributed by atoms with van der Waals surface area (Å²) in [7, 11) is 3.93. The van der Waals surface area contributed by atoms with Crippen molar-refractivity contribution in [2.75, 3.05) is 21.3 Å². The van der Waals surface area contributed by atoms with Crippen LogP contribution in [-0.4, -0.2) is 50.6 Å². The third-order valence-electron chi connectivity index (χ3n) is 3.09. The molecule has 1 heterocycles. The quantitative estimate of drug-likeness (QED) is 0.353. The van der Waals surface area contributed by atoms with E-state index >= 15 is 0 Å². The van der Waals surface area contributed by atoms with Crippen molar-refractivity contribution in [3.05, 3.63) is 40.3 Å². The van der Waals surface area contributed by atoms with E-state index in [2.05, 4.69) is 20.3 Å². The Labute approximate surface area is 153 Å². The molecule has 1 N–H and O–H groups in total. The molecule has 0 radical (unpaired) electrons. The number of methoxy groups -OCH3 is 3. The average molecular weight is 377 g/mol. The summed E-state index contributed by atoms with van der Waals surface area (Å²) in [6.07, 6.45) is 2.46. The first-order chi connectivity index (χ1) is 12.5. The minimum atomic E-state index is -0.638. The van der Waals surface area contributed by atoms with Crippen LogP contribution in [0.15, 0.2) is 39.4 Å². The van der Waals surface area contributed by atoms with E-state index in [1.807, 2.05) is 0 Å². The first-order valence-electron chi connectivity index (χ1n) is 7.14. The van der Waals surface area contributed by atoms with Crippen LogP contribution in [0.2, 0.25) is 0 Å². The molecule has 0 aliphatic carbocycles. The van der Waals surface area contributed by atoms with Crippen LogP contribution in [0.5, 0.6) is 5.75 Å². The predicted octanol–water partition coefficient (Wildman–Crippen LogP) is 1.09. The summed E-state index contributed by atoms with van der Waals surface area (Å²) in [4.78, 5) is 34.8. The van der Waals surface area contributed by atoms with Crippen molar-refractivity contribution in [2.24, 2.45) is 10.2 Å². The number of nitrogens with one attached hydrogen (secondary N) is 1. The van der Waals surface area contributed by atoms with Crippen molar-refractivity contribution in [1.82, 2.24) is 5.32 Å². The van der Waals surface area contributed by atoms with Crippen LogP contribution in [-0.2, 0) is 19.1 Å². The summed E-state index contributed by atoms with van der Waals surface area (Å²) in [5.41, 5.74) is 0.827. The molecule has 136 valence electrons. The summed E-state index contributed by atoms with van der Waals surface area (Å²) in [5.74, 6) is -1.27. The maximum absolute atomic E-state index is 11.7. The average Bonchev–Trinajstić information content (AvgIpc) is 3.00. The van der Waals surface area contributed by atoms with Crippen molar-refractivity contribution in [1.29, 1.82) is 0 Å². The van der Waals surface area contributed by atoms with Gasteiger partial charge in [-0.25, -0.2) is 9.59 Å². The third-order valence-corrected chi connectivity index (χ3v) is 3.99. The highest BCUT2D eigenvalue weighted by atomic mass is 32.2. The SMILES string of the molecule is COC(=O)/C=C1/S/C(=N\N=Cc2ccc(OC)c(C(=O)OC)c2)NC1=O. The fourth-order valence-electron chi connectivity index (χ4n) is 1.86. The highest BCUT2D eigenvalue weighted by Crippen LogP contribution is 2.23. The molecule has 1 saturated heterocycles. The van der Waals surface area contributed by atoms with Crippen molar-refractivity contribution >= 4 is 41.0 Å². The number of amidine groups is 1. The Morgan fingerprint density at radius 3 is 2.62 bits per heavy atom. The zero-order valence-corrected chi connectivity index (χ0v) is 15.0. The van der Waals surface area contributed by atoms with Crippen LogP contribution in [0.1, 0.15) is 15.9 Å². The van der Waals surface area contributed by atoms with E-state index in [0.717, 1.165) is 17.8 Å². The monoisotopic (exact) mass is 377 g/mol. The van der Waals surface area contributed by atoms with Gasteiger partial charge in [-0.05, 0) is 35.5 Å². The van der Waals surface area contributed by atoms with Crippen LogP contribution in [0.4, 0.5) is 0 Å². The smallest absolute Gasteiger partial charge is 0.341 e. The molecule has 1 aromatic carbocycles. The van der Waals surface area contributed by atoms with Crippen molar-refractivity contribution in [3.8, 4) is 5.75 Å². The number of hydrogen-bond donors (Lipinski definition) is 1. The van der Waals surface area contributed by atoms with E-state index in [0.29, 0.717) is 11.3 Å². The second-order valence-electron chi connectivity index (χ2n) is 4.69. The normalized spacial score (nSPS) is 16.8. The molecule has 10 heteroatoms. The molecule has 1 aliphatic rings. The third kappa shape index (κ3) is 4.70. The van der Waals surface area contributed by atoms with Gasteiger partial charge in [0, 0.05) is 6.08 Å². The van der Waals surface area contributed by atoms with E-state index in [4.69, 9.17) is 9.47 Å². The molecule has 0 aromatic heterocycles. The van der Waals surface area contributed by atoms with Gasteiger partial charge in [-0.2, -0.15) is 5.10 Å². The fourth-order valence-corrected chi connectivity index (χ4v) is 2.60. The number of carbonyl (C=O) groups excluding carboxylic acids is 3. The molecular weight excluding hydrogens is 362 g/mol. The van der Waals surface area contributed by atoms with E-state index < -0.39 is 17.8 Å². The van der Waals surface area contributed by atoms with Crippen molar-refractivity contribution < 1.29 is 28.6 Å². The van der Waals surface area contributed by atoms with Crippen LogP contribution in [0.25, 0.3) is 0 Å². The Bertz CT molecular complexity index is 831. The predicted molar refractivity (Wildman–Crippen MR) is 95.2 cm³/mol. The van der Waals surface area contributed by atoms with Crippen molar-refractivity contribution in [3.63, 3.8) is 0 Å². The summed E-state index contributed by atoms with van der Waals surface area (Å²) in [6.45, 7) is 0. The molecule has 0 bridgehead atoms. The molecule has 9 nitrogen and oxygen atoms in total. The number of nitrogens with zero attached hydrogens (tertiary/aromatic N) is 2. The fraction of sp³-hybridized carbons (Fsp3) is 0.188. The summed E-state index contributed by atoms with van der Waals surface area (Å²) in [6, 6.07) is 4.82. The number of esters is 2. The minimum absolute atomic E-state index is 0.156. The van der Waals surface area contributed by atoms with Crippen molar-refractivity contribution in [2.45, 2.75) is 0 Å². The lowest BCUT2D eigenvalue weighted by molar-refractivity contribution is -0.135. The van der Waals surface area contributed by atoms with E-state index in [9.17, 15) is 14.4 Å². The second kappa shape index (κ2) is 8.81. The Morgan fingerprint density at radius 2 is 1.96 bits per heavy atom. The Hall–Kier alpha value is -3.14. The van der Waals surface area contributed by atoms with Gasteiger partial charge >= 0.3 is 11.9 Å². The lowest BCUT2D eigenvalue weighted by Gasteiger charge is -2.06. The molecular formula is C16H15N3O6S. The number of hydrogen-bond acceptors (Lipinski definition) is 9. The summed E-state index contributed by atoms with van der Waals surface area (Å²) in [5, 5.41) is 10.4. The lowest BCUT2D eigenvalue weighted by atomic mass is 10.1. The number of carbonyl (C=O) groups is 3. The Balaban J connectivity index is 2.14. The van der Waals surface area contributed by atoms with Crippen LogP contribution < -0.4 is 10.1 Å². The molecule has 0 spiro atoms. The van der Waals surface area contributed by atoms with Gasteiger partial charge in [0.05, 0.1) is 32.4 Å². The van der Waals surface area contributed by atoms with Gasteiger partial charge in [-0.15, -0.1) is 5.10 Å². The molecule has 26 heavy (non-hydrogen) atoms.